The van der Waals surface area contributed by atoms with Gasteiger partial charge in [-0.25, -0.2) is 0 Å². The zero-order valence-corrected chi connectivity index (χ0v) is 11.1. The molecule has 2 unspecified atom stereocenters. The van der Waals surface area contributed by atoms with Gasteiger partial charge in [0.05, 0.1) is 6.10 Å². The Balaban J connectivity index is 1.84. The van der Waals surface area contributed by atoms with Gasteiger partial charge in [0.25, 0.3) is 0 Å². The summed E-state index contributed by atoms with van der Waals surface area (Å²) in [5, 5.41) is 13.1. The van der Waals surface area contributed by atoms with Crippen molar-refractivity contribution in [1.29, 1.82) is 0 Å². The molecule has 0 spiro atoms. The molecule has 1 aromatic carbocycles. The van der Waals surface area contributed by atoms with E-state index in [1.807, 2.05) is 12.1 Å². The van der Waals surface area contributed by atoms with Crippen LogP contribution in [0.25, 0.3) is 0 Å². The quantitative estimate of drug-likeness (QED) is 0.871. The van der Waals surface area contributed by atoms with E-state index < -0.39 is 0 Å². The van der Waals surface area contributed by atoms with Crippen LogP contribution in [0.2, 0.25) is 0 Å². The van der Waals surface area contributed by atoms with Gasteiger partial charge in [0.1, 0.15) is 0 Å². The second-order valence-electron chi connectivity index (χ2n) is 4.59. The maximum Gasteiger partial charge on any atom is 0.0692 e. The van der Waals surface area contributed by atoms with E-state index in [0.717, 1.165) is 4.47 Å². The first-order valence-electron chi connectivity index (χ1n) is 5.83. The van der Waals surface area contributed by atoms with E-state index in [2.05, 4.69) is 40.3 Å². The van der Waals surface area contributed by atoms with Crippen molar-refractivity contribution in [2.75, 3.05) is 6.54 Å². The van der Waals surface area contributed by atoms with E-state index >= 15 is 0 Å². The van der Waals surface area contributed by atoms with E-state index in [4.69, 9.17) is 0 Å². The molecule has 0 aromatic heterocycles. The molecule has 3 heteroatoms. The molecule has 16 heavy (non-hydrogen) atoms. The molecule has 0 amide bonds. The summed E-state index contributed by atoms with van der Waals surface area (Å²) in [6.07, 6.45) is 2.21. The van der Waals surface area contributed by atoms with Gasteiger partial charge < -0.3 is 10.4 Å². The minimum absolute atomic E-state index is 0.172. The molecule has 2 N–H and O–H groups in total. The van der Waals surface area contributed by atoms with Gasteiger partial charge in [-0.05, 0) is 43.4 Å². The second kappa shape index (κ2) is 5.30. The molecule has 0 heterocycles. The van der Waals surface area contributed by atoms with Crippen LogP contribution in [-0.2, 0) is 0 Å². The van der Waals surface area contributed by atoms with Gasteiger partial charge >= 0.3 is 0 Å². The molecule has 1 aliphatic carbocycles. The summed E-state index contributed by atoms with van der Waals surface area (Å²) in [4.78, 5) is 0. The summed E-state index contributed by atoms with van der Waals surface area (Å²) in [5.41, 5.74) is 1.25. The molecular weight excluding hydrogens is 266 g/mol. The van der Waals surface area contributed by atoms with Crippen molar-refractivity contribution >= 4 is 15.9 Å². The molecule has 2 nitrogen and oxygen atoms in total. The molecule has 1 aromatic rings. The summed E-state index contributed by atoms with van der Waals surface area (Å²) in [6.45, 7) is 2.82. The summed E-state index contributed by atoms with van der Waals surface area (Å²) < 4.78 is 1.10. The zero-order valence-electron chi connectivity index (χ0n) is 9.49. The summed E-state index contributed by atoms with van der Waals surface area (Å²) >= 11 is 3.47. The van der Waals surface area contributed by atoms with Crippen molar-refractivity contribution in [1.82, 2.24) is 5.32 Å². The van der Waals surface area contributed by atoms with E-state index in [0.29, 0.717) is 12.5 Å². The van der Waals surface area contributed by atoms with Crippen LogP contribution in [0.1, 0.15) is 31.4 Å². The first-order valence-corrected chi connectivity index (χ1v) is 6.63. The molecular formula is C13H18BrNO. The van der Waals surface area contributed by atoms with E-state index in [1.54, 1.807) is 0 Å². The van der Waals surface area contributed by atoms with Gasteiger partial charge in [-0.2, -0.15) is 0 Å². The Hall–Kier alpha value is -0.380. The fourth-order valence-electron chi connectivity index (χ4n) is 1.84. The zero-order chi connectivity index (χ0) is 11.5. The van der Waals surface area contributed by atoms with Gasteiger partial charge in [0.2, 0.25) is 0 Å². The fourth-order valence-corrected chi connectivity index (χ4v) is 2.26. The van der Waals surface area contributed by atoms with Gasteiger partial charge in [-0.15, -0.1) is 0 Å². The predicted octanol–water partition coefficient (Wildman–Crippen LogP) is 2.87. The highest BCUT2D eigenvalue weighted by Gasteiger charge is 2.29. The lowest BCUT2D eigenvalue weighted by atomic mass is 10.1. The highest BCUT2D eigenvalue weighted by atomic mass is 79.9. The number of benzene rings is 1. The molecule has 2 rings (SSSR count). The Morgan fingerprint density at radius 3 is 2.88 bits per heavy atom. The van der Waals surface area contributed by atoms with Crippen molar-refractivity contribution in [2.24, 2.45) is 5.92 Å². The Bertz CT molecular complexity index is 352. The van der Waals surface area contributed by atoms with Crippen molar-refractivity contribution < 1.29 is 5.11 Å². The van der Waals surface area contributed by atoms with E-state index in [1.165, 1.54) is 18.4 Å². The van der Waals surface area contributed by atoms with Crippen LogP contribution < -0.4 is 5.32 Å². The van der Waals surface area contributed by atoms with Crippen LogP contribution in [0.5, 0.6) is 0 Å². The highest BCUT2D eigenvalue weighted by Crippen LogP contribution is 2.32. The summed E-state index contributed by atoms with van der Waals surface area (Å²) in [6, 6.07) is 8.56. The standard InChI is InChI=1S/C13H18BrNO/c1-9(11-3-2-4-12(14)7-11)15-8-13(16)10-5-6-10/h2-4,7,9-10,13,15-16H,5-6,8H2,1H3. The van der Waals surface area contributed by atoms with Crippen molar-refractivity contribution in [3.63, 3.8) is 0 Å². The molecule has 1 fully saturated rings. The van der Waals surface area contributed by atoms with Crippen LogP contribution in [0.4, 0.5) is 0 Å². The van der Waals surface area contributed by atoms with Crippen molar-refractivity contribution in [3.8, 4) is 0 Å². The van der Waals surface area contributed by atoms with Crippen LogP contribution in [0.3, 0.4) is 0 Å². The lowest BCUT2D eigenvalue weighted by Crippen LogP contribution is -2.30. The number of nitrogens with one attached hydrogen (secondary N) is 1. The molecule has 0 saturated heterocycles. The largest absolute Gasteiger partial charge is 0.392 e. The molecule has 1 aliphatic rings. The molecule has 88 valence electrons. The maximum absolute atomic E-state index is 9.77. The van der Waals surface area contributed by atoms with Crippen LogP contribution in [0.15, 0.2) is 28.7 Å². The fraction of sp³-hybridized carbons (Fsp3) is 0.538. The first-order chi connectivity index (χ1) is 7.66. The number of halogens is 1. The SMILES string of the molecule is CC(NCC(O)C1CC1)c1cccc(Br)c1. The van der Waals surface area contributed by atoms with Gasteiger partial charge in [-0.3, -0.25) is 0 Å². The minimum Gasteiger partial charge on any atom is -0.392 e. The lowest BCUT2D eigenvalue weighted by Gasteiger charge is -2.17. The molecule has 0 bridgehead atoms. The van der Waals surface area contributed by atoms with Crippen LogP contribution in [0, 0.1) is 5.92 Å². The number of hydrogen-bond donors (Lipinski definition) is 2. The lowest BCUT2D eigenvalue weighted by molar-refractivity contribution is 0.145. The normalized spacial score (nSPS) is 19.4. The predicted molar refractivity (Wildman–Crippen MR) is 69.3 cm³/mol. The third-order valence-corrected chi connectivity index (χ3v) is 3.64. The van der Waals surface area contributed by atoms with Crippen LogP contribution in [-0.4, -0.2) is 17.8 Å². The topological polar surface area (TPSA) is 32.3 Å². The monoisotopic (exact) mass is 283 g/mol. The summed E-state index contributed by atoms with van der Waals surface area (Å²) in [7, 11) is 0. The number of aliphatic hydroxyl groups is 1. The molecule has 1 saturated carbocycles. The Labute approximate surface area is 105 Å². The number of aliphatic hydroxyl groups excluding tert-OH is 1. The smallest absolute Gasteiger partial charge is 0.0692 e. The number of hydrogen-bond acceptors (Lipinski definition) is 2. The molecule has 0 aliphatic heterocycles. The highest BCUT2D eigenvalue weighted by molar-refractivity contribution is 9.10. The minimum atomic E-state index is -0.172. The summed E-state index contributed by atoms with van der Waals surface area (Å²) in [5.74, 6) is 0.544. The Morgan fingerprint density at radius 2 is 2.25 bits per heavy atom. The van der Waals surface area contributed by atoms with Crippen LogP contribution >= 0.6 is 15.9 Å². The Kier molecular flexibility index (Phi) is 4.00. The van der Waals surface area contributed by atoms with Gasteiger partial charge in [0.15, 0.2) is 0 Å². The average molecular weight is 284 g/mol. The average Bonchev–Trinajstić information content (AvgIpc) is 3.09. The van der Waals surface area contributed by atoms with Gasteiger partial charge in [0, 0.05) is 17.1 Å². The Morgan fingerprint density at radius 1 is 1.50 bits per heavy atom. The van der Waals surface area contributed by atoms with Crippen molar-refractivity contribution in [2.45, 2.75) is 31.9 Å². The molecule has 0 radical (unpaired) electrons. The van der Waals surface area contributed by atoms with E-state index in [-0.39, 0.29) is 12.1 Å². The second-order valence-corrected chi connectivity index (χ2v) is 5.51. The third-order valence-electron chi connectivity index (χ3n) is 3.15. The first kappa shape index (κ1) is 12.1. The van der Waals surface area contributed by atoms with E-state index in [9.17, 15) is 5.11 Å². The maximum atomic E-state index is 9.77. The van der Waals surface area contributed by atoms with Crippen molar-refractivity contribution in [3.05, 3.63) is 34.3 Å². The molecule has 2 atom stereocenters. The third kappa shape index (κ3) is 3.30. The number of rotatable bonds is 5. The van der Waals surface area contributed by atoms with Gasteiger partial charge in [-0.1, -0.05) is 28.1 Å².